The molecule has 2 aromatic carbocycles. The summed E-state index contributed by atoms with van der Waals surface area (Å²) in [6.07, 6.45) is 2.14. The molecule has 0 atom stereocenters. The van der Waals surface area contributed by atoms with Gasteiger partial charge in [0.1, 0.15) is 5.82 Å². The Bertz CT molecular complexity index is 849. The van der Waals surface area contributed by atoms with Crippen LogP contribution in [0.15, 0.2) is 46.9 Å². The summed E-state index contributed by atoms with van der Waals surface area (Å²) in [5.74, 6) is -1.22. The Hall–Kier alpha value is -2.05. The minimum absolute atomic E-state index is 0.264. The van der Waals surface area contributed by atoms with Crippen LogP contribution in [0.3, 0.4) is 0 Å². The minimum Gasteiger partial charge on any atom is -0.290 e. The number of benzene rings is 2. The summed E-state index contributed by atoms with van der Waals surface area (Å²) in [5, 5.41) is 0. The van der Waals surface area contributed by atoms with E-state index in [0.29, 0.717) is 30.5 Å². The number of anilines is 1. The van der Waals surface area contributed by atoms with E-state index in [0.717, 1.165) is 22.9 Å². The minimum atomic E-state index is -0.494. The molecule has 1 fully saturated rings. The molecule has 0 spiro atoms. The van der Waals surface area contributed by atoms with Crippen molar-refractivity contribution in [3.8, 4) is 0 Å². The van der Waals surface area contributed by atoms with Crippen molar-refractivity contribution in [2.24, 2.45) is 0 Å². The topological polar surface area (TPSA) is 40.6 Å². The average Bonchev–Trinajstić information content (AvgIpc) is 3.41. The highest BCUT2D eigenvalue weighted by Gasteiger charge is 2.40. The lowest BCUT2D eigenvalue weighted by Crippen LogP contribution is -2.41. The first-order valence-electron chi connectivity index (χ1n) is 8.18. The fraction of sp³-hybridized carbons (Fsp3) is 0.263. The van der Waals surface area contributed by atoms with E-state index in [4.69, 9.17) is 0 Å². The van der Waals surface area contributed by atoms with Crippen molar-refractivity contribution in [1.82, 2.24) is 4.90 Å². The van der Waals surface area contributed by atoms with E-state index >= 15 is 0 Å². The van der Waals surface area contributed by atoms with Gasteiger partial charge < -0.3 is 0 Å². The lowest BCUT2D eigenvalue weighted by atomic mass is 10.1. The maximum Gasteiger partial charge on any atom is 0.300 e. The van der Waals surface area contributed by atoms with Gasteiger partial charge in [-0.2, -0.15) is 0 Å². The maximum absolute atomic E-state index is 13.1. The smallest absolute Gasteiger partial charge is 0.290 e. The number of halogens is 2. The molecule has 0 saturated heterocycles. The molecular formula is C19H16BrFN2O2. The van der Waals surface area contributed by atoms with Crippen LogP contribution in [0, 0.1) is 5.82 Å². The zero-order valence-electron chi connectivity index (χ0n) is 13.4. The van der Waals surface area contributed by atoms with Gasteiger partial charge in [0.05, 0.1) is 17.9 Å². The standard InChI is InChI=1S/C19H16BrFN2O2/c20-16-3-1-2-15-17(16)23(19(25)18(15)24)11-22(14-8-9-14)10-12-4-6-13(21)7-5-12/h1-7,14H,8-11H2. The molecule has 0 unspecified atom stereocenters. The number of Topliss-reactive ketones (excluding diaryl/α,β-unsaturated/α-hetero) is 1. The van der Waals surface area contributed by atoms with Crippen LogP contribution < -0.4 is 4.90 Å². The van der Waals surface area contributed by atoms with E-state index in [1.807, 2.05) is 6.07 Å². The summed E-state index contributed by atoms with van der Waals surface area (Å²) in [4.78, 5) is 28.4. The van der Waals surface area contributed by atoms with E-state index in [1.165, 1.54) is 12.1 Å². The molecule has 128 valence electrons. The van der Waals surface area contributed by atoms with Crippen LogP contribution in [0.4, 0.5) is 10.1 Å². The number of ketones is 1. The fourth-order valence-electron chi connectivity index (χ4n) is 3.19. The van der Waals surface area contributed by atoms with Crippen LogP contribution in [0.5, 0.6) is 0 Å². The van der Waals surface area contributed by atoms with Crippen LogP contribution in [0.2, 0.25) is 0 Å². The molecule has 1 aliphatic heterocycles. The van der Waals surface area contributed by atoms with Crippen molar-refractivity contribution in [1.29, 1.82) is 0 Å². The number of rotatable bonds is 5. The van der Waals surface area contributed by atoms with Gasteiger partial charge in [0.25, 0.3) is 5.78 Å². The molecule has 25 heavy (non-hydrogen) atoms. The number of carbonyl (C=O) groups is 2. The molecule has 1 amide bonds. The first-order valence-corrected chi connectivity index (χ1v) is 8.97. The van der Waals surface area contributed by atoms with Crippen molar-refractivity contribution in [2.45, 2.75) is 25.4 Å². The first-order chi connectivity index (χ1) is 12.0. The summed E-state index contributed by atoms with van der Waals surface area (Å²) < 4.78 is 13.9. The molecular weight excluding hydrogens is 387 g/mol. The summed E-state index contributed by atoms with van der Waals surface area (Å²) in [5.41, 5.74) is 2.07. The molecule has 2 aliphatic rings. The quantitative estimate of drug-likeness (QED) is 0.715. The number of carbonyl (C=O) groups excluding carboxylic acids is 2. The molecule has 0 aromatic heterocycles. The van der Waals surface area contributed by atoms with Gasteiger partial charge in [-0.05, 0) is 58.6 Å². The normalized spacial score (nSPS) is 16.7. The molecule has 4 rings (SSSR count). The molecule has 4 nitrogen and oxygen atoms in total. The molecule has 1 saturated carbocycles. The Kier molecular flexibility index (Phi) is 4.17. The summed E-state index contributed by atoms with van der Waals surface area (Å²) >= 11 is 3.45. The van der Waals surface area contributed by atoms with Gasteiger partial charge in [0.15, 0.2) is 0 Å². The predicted molar refractivity (Wildman–Crippen MR) is 95.8 cm³/mol. The van der Waals surface area contributed by atoms with E-state index in [1.54, 1.807) is 29.2 Å². The number of nitrogens with zero attached hydrogens (tertiary/aromatic N) is 2. The number of hydrogen-bond donors (Lipinski definition) is 0. The third-order valence-electron chi connectivity index (χ3n) is 4.63. The van der Waals surface area contributed by atoms with Crippen molar-refractivity contribution >= 4 is 33.3 Å². The number of amides is 1. The van der Waals surface area contributed by atoms with Crippen LogP contribution in [0.1, 0.15) is 28.8 Å². The fourth-order valence-corrected chi connectivity index (χ4v) is 3.77. The van der Waals surface area contributed by atoms with Crippen LogP contribution in [0.25, 0.3) is 0 Å². The van der Waals surface area contributed by atoms with Gasteiger partial charge in [0.2, 0.25) is 0 Å². The van der Waals surface area contributed by atoms with Crippen molar-refractivity contribution in [2.75, 3.05) is 11.6 Å². The van der Waals surface area contributed by atoms with Gasteiger partial charge in [-0.25, -0.2) is 4.39 Å². The van der Waals surface area contributed by atoms with Gasteiger partial charge in [-0.15, -0.1) is 0 Å². The number of para-hydroxylation sites is 1. The summed E-state index contributed by atoms with van der Waals surface area (Å²) in [7, 11) is 0. The lowest BCUT2D eigenvalue weighted by molar-refractivity contribution is -0.114. The van der Waals surface area contributed by atoms with Gasteiger partial charge in [0, 0.05) is 17.1 Å². The third kappa shape index (κ3) is 3.12. The molecule has 0 N–H and O–H groups in total. The molecule has 6 heteroatoms. The highest BCUT2D eigenvalue weighted by molar-refractivity contribution is 9.10. The van der Waals surface area contributed by atoms with Crippen molar-refractivity contribution < 1.29 is 14.0 Å². The summed E-state index contributed by atoms with van der Waals surface area (Å²) in [6.45, 7) is 0.963. The SMILES string of the molecule is O=C1C(=O)N(CN(Cc2ccc(F)cc2)C2CC2)c2c(Br)cccc21. The Morgan fingerprint density at radius 3 is 2.52 bits per heavy atom. The zero-order chi connectivity index (χ0) is 17.6. The van der Waals surface area contributed by atoms with Crippen molar-refractivity contribution in [3.05, 3.63) is 63.9 Å². The Morgan fingerprint density at radius 1 is 1.12 bits per heavy atom. The van der Waals surface area contributed by atoms with E-state index in [2.05, 4.69) is 20.8 Å². The van der Waals surface area contributed by atoms with Crippen molar-refractivity contribution in [3.63, 3.8) is 0 Å². The Labute approximate surface area is 153 Å². The van der Waals surface area contributed by atoms with Gasteiger partial charge in [-0.1, -0.05) is 18.2 Å². The second-order valence-electron chi connectivity index (χ2n) is 6.44. The summed E-state index contributed by atoms with van der Waals surface area (Å²) in [6, 6.07) is 12.1. The largest absolute Gasteiger partial charge is 0.300 e. The molecule has 2 aromatic rings. The third-order valence-corrected chi connectivity index (χ3v) is 5.27. The van der Waals surface area contributed by atoms with E-state index < -0.39 is 11.7 Å². The highest BCUT2D eigenvalue weighted by Crippen LogP contribution is 2.37. The number of fused-ring (bicyclic) bond motifs is 1. The monoisotopic (exact) mass is 402 g/mol. The molecule has 1 aliphatic carbocycles. The molecule has 1 heterocycles. The van der Waals surface area contributed by atoms with Crippen LogP contribution >= 0.6 is 15.9 Å². The first kappa shape index (κ1) is 16.4. The highest BCUT2D eigenvalue weighted by atomic mass is 79.9. The van der Waals surface area contributed by atoms with E-state index in [9.17, 15) is 14.0 Å². The lowest BCUT2D eigenvalue weighted by Gasteiger charge is -2.28. The zero-order valence-corrected chi connectivity index (χ0v) is 15.0. The second-order valence-corrected chi connectivity index (χ2v) is 7.30. The maximum atomic E-state index is 13.1. The van der Waals surface area contributed by atoms with Crippen LogP contribution in [-0.4, -0.2) is 29.3 Å². The second kappa shape index (κ2) is 6.35. The van der Waals surface area contributed by atoms with Gasteiger partial charge in [-0.3, -0.25) is 19.4 Å². The van der Waals surface area contributed by atoms with E-state index in [-0.39, 0.29) is 5.82 Å². The number of hydrogen-bond acceptors (Lipinski definition) is 3. The Morgan fingerprint density at radius 2 is 1.84 bits per heavy atom. The molecule has 0 radical (unpaired) electrons. The Balaban J connectivity index is 1.60. The predicted octanol–water partition coefficient (Wildman–Crippen LogP) is 3.74. The average molecular weight is 403 g/mol. The van der Waals surface area contributed by atoms with Crippen LogP contribution in [-0.2, 0) is 11.3 Å². The molecule has 0 bridgehead atoms. The van der Waals surface area contributed by atoms with Gasteiger partial charge >= 0.3 is 5.91 Å².